The van der Waals surface area contributed by atoms with Crippen molar-refractivity contribution in [3.63, 3.8) is 0 Å². The Morgan fingerprint density at radius 3 is 2.51 bits per heavy atom. The second kappa shape index (κ2) is 11.8. The van der Waals surface area contributed by atoms with Crippen molar-refractivity contribution < 1.29 is 23.6 Å². The first-order valence-corrected chi connectivity index (χ1v) is 11.4. The van der Waals surface area contributed by atoms with Crippen molar-refractivity contribution in [2.45, 2.75) is 44.6 Å². The number of hydrogen-bond donors (Lipinski definition) is 4. The Bertz CT molecular complexity index is 1110. The normalized spacial score (nSPS) is 14.1. The van der Waals surface area contributed by atoms with Crippen molar-refractivity contribution in [1.29, 1.82) is 0 Å². The third kappa shape index (κ3) is 7.00. The average Bonchev–Trinajstić information content (AvgIpc) is 2.84. The fraction of sp³-hybridized carbons (Fsp3) is 0.360. The molecule has 2 aromatic carbocycles. The Morgan fingerprint density at radius 2 is 1.83 bits per heavy atom. The number of carbonyl (C=O) groups is 2. The van der Waals surface area contributed by atoms with Gasteiger partial charge in [0.1, 0.15) is 0 Å². The fourth-order valence-electron chi connectivity index (χ4n) is 4.26. The lowest BCUT2D eigenvalue weighted by Crippen LogP contribution is -2.42. The summed E-state index contributed by atoms with van der Waals surface area (Å²) in [4.78, 5) is 25.7. The van der Waals surface area contributed by atoms with Gasteiger partial charge in [-0.1, -0.05) is 18.2 Å². The number of nitrogens with two attached hydrogens (primary N) is 2. The van der Waals surface area contributed by atoms with Crippen molar-refractivity contribution in [2.24, 2.45) is 11.6 Å². The lowest BCUT2D eigenvalue weighted by molar-refractivity contribution is -0.130. The second-order valence-electron chi connectivity index (χ2n) is 8.85. The molecule has 188 valence electrons. The maximum atomic E-state index is 13.5. The lowest BCUT2D eigenvalue weighted by Gasteiger charge is -2.27. The summed E-state index contributed by atoms with van der Waals surface area (Å²) in [5.74, 6) is 2.92. The smallest absolute Gasteiger partial charge is 0.254 e. The third-order valence-corrected chi connectivity index (χ3v) is 6.10. The van der Waals surface area contributed by atoms with Crippen LogP contribution in [0.1, 0.15) is 46.3 Å². The van der Waals surface area contributed by atoms with E-state index in [4.69, 9.17) is 16.8 Å². The number of hydrazine groups is 1. The van der Waals surface area contributed by atoms with Gasteiger partial charge in [-0.15, -0.1) is 0 Å². The number of nitrogens with zero attached hydrogens (tertiary/aromatic N) is 2. The van der Waals surface area contributed by atoms with Gasteiger partial charge in [0.05, 0.1) is 19.0 Å². The Morgan fingerprint density at radius 1 is 1.11 bits per heavy atom. The number of rotatable bonds is 9. The van der Waals surface area contributed by atoms with E-state index in [1.165, 1.54) is 46.8 Å². The molecule has 35 heavy (non-hydrogen) atoms. The molecule has 0 spiro atoms. The first kappa shape index (κ1) is 26.1. The average molecular weight is 488 g/mol. The largest absolute Gasteiger partial charge is 0.399 e. The molecule has 0 saturated carbocycles. The summed E-state index contributed by atoms with van der Waals surface area (Å²) in [6.07, 6.45) is 6.17. The summed E-state index contributed by atoms with van der Waals surface area (Å²) in [7, 11) is 1.47. The second-order valence-corrected chi connectivity index (χ2v) is 8.85. The Balaban J connectivity index is 1.70. The van der Waals surface area contributed by atoms with Crippen LogP contribution in [0.5, 0.6) is 0 Å². The number of hydroxylamine groups is 1. The predicted octanol–water partition coefficient (Wildman–Crippen LogP) is 2.40. The molecule has 0 fully saturated rings. The number of fused-ring (bicyclic) bond motifs is 1. The molecule has 0 aliphatic heterocycles. The maximum absolute atomic E-state index is 13.5. The Hall–Kier alpha value is -3.50. The van der Waals surface area contributed by atoms with Gasteiger partial charge >= 0.3 is 0 Å². The van der Waals surface area contributed by atoms with Crippen molar-refractivity contribution >= 4 is 11.8 Å². The zero-order chi connectivity index (χ0) is 25.5. The minimum absolute atomic E-state index is 0.0197. The van der Waals surface area contributed by atoms with Gasteiger partial charge < -0.3 is 15.6 Å². The molecule has 0 saturated heterocycles. The van der Waals surface area contributed by atoms with Gasteiger partial charge in [0.2, 0.25) is 5.91 Å². The van der Waals surface area contributed by atoms with Crippen LogP contribution in [0.2, 0.25) is 0 Å². The molecular weight excluding hydrogens is 456 g/mol. The molecule has 10 heteroatoms. The highest BCUT2D eigenvalue weighted by Gasteiger charge is 2.21. The molecule has 2 amide bonds. The van der Waals surface area contributed by atoms with E-state index in [2.05, 4.69) is 12.1 Å². The molecule has 0 heterocycles. The SMILES string of the molecule is CN(C/C(N)=C/N(N)C(CC(=O)NO)Cc1ccc2c(c1)CCCC2)C(=O)c1ccc(F)c(F)c1. The predicted molar refractivity (Wildman–Crippen MR) is 127 cm³/mol. The number of likely N-dealkylation sites (N-methyl/N-ethyl adjacent to an activating group) is 1. The van der Waals surface area contributed by atoms with Crippen LogP contribution in [0.15, 0.2) is 48.3 Å². The van der Waals surface area contributed by atoms with Gasteiger partial charge in [-0.25, -0.2) is 20.1 Å². The van der Waals surface area contributed by atoms with E-state index in [1.54, 1.807) is 5.48 Å². The molecule has 1 unspecified atom stereocenters. The summed E-state index contributed by atoms with van der Waals surface area (Å²) in [6.45, 7) is -0.0384. The van der Waals surface area contributed by atoms with E-state index in [1.807, 2.05) is 6.07 Å². The van der Waals surface area contributed by atoms with Crippen LogP contribution in [-0.2, 0) is 24.1 Å². The van der Waals surface area contributed by atoms with Crippen LogP contribution in [0, 0.1) is 11.6 Å². The number of amides is 2. The Kier molecular flexibility index (Phi) is 8.78. The molecule has 1 atom stereocenters. The molecule has 0 aromatic heterocycles. The summed E-state index contributed by atoms with van der Waals surface area (Å²) in [6, 6.07) is 8.64. The Labute approximate surface area is 203 Å². The quantitative estimate of drug-likeness (QED) is 0.245. The standard InChI is InChI=1S/C25H31F2N5O3/c1-31(25(34)19-8-9-22(26)23(27)12-19)14-20(28)15-32(29)21(13-24(33)30-35)11-16-6-7-17-4-2-3-5-18(17)10-16/h6-10,12,15,21,35H,2-5,11,13-14,28-29H2,1H3,(H,30,33)/b20-15-. The minimum Gasteiger partial charge on any atom is -0.399 e. The van der Waals surface area contributed by atoms with Gasteiger partial charge in [-0.3, -0.25) is 14.8 Å². The molecule has 1 aliphatic carbocycles. The van der Waals surface area contributed by atoms with Crippen LogP contribution < -0.4 is 17.1 Å². The molecule has 0 bridgehead atoms. The molecular formula is C25H31F2N5O3. The summed E-state index contributed by atoms with van der Waals surface area (Å²) < 4.78 is 26.6. The molecule has 2 aromatic rings. The fourth-order valence-corrected chi connectivity index (χ4v) is 4.26. The van der Waals surface area contributed by atoms with E-state index >= 15 is 0 Å². The molecule has 1 aliphatic rings. The van der Waals surface area contributed by atoms with Gasteiger partial charge in [0, 0.05) is 24.5 Å². The van der Waals surface area contributed by atoms with E-state index in [0.717, 1.165) is 37.0 Å². The van der Waals surface area contributed by atoms with E-state index in [-0.39, 0.29) is 24.2 Å². The summed E-state index contributed by atoms with van der Waals surface area (Å²) in [5, 5.41) is 10.3. The van der Waals surface area contributed by atoms with E-state index < -0.39 is 29.5 Å². The maximum Gasteiger partial charge on any atom is 0.254 e. The topological polar surface area (TPSA) is 125 Å². The molecule has 6 N–H and O–H groups in total. The van der Waals surface area contributed by atoms with Crippen LogP contribution in [0.25, 0.3) is 0 Å². The number of carbonyl (C=O) groups excluding carboxylic acids is 2. The van der Waals surface area contributed by atoms with Crippen molar-refractivity contribution in [3.8, 4) is 0 Å². The first-order chi connectivity index (χ1) is 16.7. The highest BCUT2D eigenvalue weighted by molar-refractivity contribution is 5.94. The first-order valence-electron chi connectivity index (χ1n) is 11.4. The zero-order valence-corrected chi connectivity index (χ0v) is 19.6. The van der Waals surface area contributed by atoms with Crippen molar-refractivity contribution in [1.82, 2.24) is 15.4 Å². The lowest BCUT2D eigenvalue weighted by atomic mass is 9.89. The highest BCUT2D eigenvalue weighted by atomic mass is 19.2. The number of benzene rings is 2. The number of aryl methyl sites for hydroxylation is 2. The van der Waals surface area contributed by atoms with E-state index in [0.29, 0.717) is 6.42 Å². The zero-order valence-electron chi connectivity index (χ0n) is 19.6. The van der Waals surface area contributed by atoms with Crippen LogP contribution in [-0.4, -0.2) is 46.6 Å². The van der Waals surface area contributed by atoms with Crippen molar-refractivity contribution in [3.05, 3.63) is 82.2 Å². The molecule has 0 radical (unpaired) electrons. The van der Waals surface area contributed by atoms with Crippen LogP contribution >= 0.6 is 0 Å². The van der Waals surface area contributed by atoms with Gasteiger partial charge in [0.25, 0.3) is 5.91 Å². The van der Waals surface area contributed by atoms with Crippen LogP contribution in [0.4, 0.5) is 8.78 Å². The van der Waals surface area contributed by atoms with Crippen molar-refractivity contribution in [2.75, 3.05) is 13.6 Å². The van der Waals surface area contributed by atoms with Gasteiger partial charge in [0.15, 0.2) is 11.6 Å². The van der Waals surface area contributed by atoms with Gasteiger partial charge in [-0.05, 0) is 67.0 Å². The number of nitrogens with one attached hydrogen (secondary N) is 1. The minimum atomic E-state index is -1.12. The summed E-state index contributed by atoms with van der Waals surface area (Å²) in [5.41, 5.74) is 11.6. The third-order valence-electron chi connectivity index (χ3n) is 6.10. The number of hydrogen-bond acceptors (Lipinski definition) is 6. The van der Waals surface area contributed by atoms with Crippen LogP contribution in [0.3, 0.4) is 0 Å². The van der Waals surface area contributed by atoms with E-state index in [9.17, 15) is 18.4 Å². The van der Waals surface area contributed by atoms with Gasteiger partial charge in [-0.2, -0.15) is 0 Å². The molecule has 8 nitrogen and oxygen atoms in total. The summed E-state index contributed by atoms with van der Waals surface area (Å²) >= 11 is 0. The number of halogens is 2. The highest BCUT2D eigenvalue weighted by Crippen LogP contribution is 2.23. The molecule has 3 rings (SSSR count). The monoisotopic (exact) mass is 487 g/mol.